The number of hydrogen-bond acceptors (Lipinski definition) is 24. The van der Waals surface area contributed by atoms with Crippen LogP contribution in [0.5, 0.6) is 0 Å². The summed E-state index contributed by atoms with van der Waals surface area (Å²) in [5.41, 5.74) is 25.4. The minimum Gasteiger partial charge on any atom is -0.480 e. The fourth-order valence-electron chi connectivity index (χ4n) is 11.7. The number of thiol groups is 2. The molecule has 0 unspecified atom stereocenters. The van der Waals surface area contributed by atoms with Gasteiger partial charge in [-0.1, -0.05) is 117 Å². The molecule has 14 amide bonds. The highest BCUT2D eigenvalue weighted by molar-refractivity contribution is 7.80. The number of H-pyrrole nitrogens is 1. The van der Waals surface area contributed by atoms with Crippen molar-refractivity contribution in [2.45, 2.75) is 196 Å². The Kier molecular flexibility index (Phi) is 46.1. The number of primary amides is 1. The van der Waals surface area contributed by atoms with Crippen LogP contribution in [-0.4, -0.2) is 260 Å². The van der Waals surface area contributed by atoms with Gasteiger partial charge in [0, 0.05) is 54.3 Å². The standard InChI is InChI=1S/C76H106N18O19S2.C2HF3O2.CH4/c1-41(79)64(100)82-37-61(99)83-58(39-114)73(109)85-50(27-15-17-29-77)65(101)89-56(35-60(80)98)70(106)87-52(31-44-19-7-4-8-20-44)67(103)86-53(32-45-21-9-5-10-22-45)68(104)88-55(34-47-36-81-49-26-14-13-25-48(47)49)69(105)84-51(28-16-18-30-78)66(102)93-62(42(2)96)74(110)90-54(33-46-23-11-6-12-24-46)71(107)94-63(43(3)97)75(111)91-57(38-95)72(108)92-59(40-115)76(112)113;3-2(4,5)1(6)7;/h4-14,19-26,36,41-43,50-59,62-63,81,95-97,114-115H,15-18,27-35,37-40,77-79H2,1-3H3,(H2,80,98)(H,82,100)(H,83,99)(H,84,105)(H,85,109)(H,86,103)(H,87,106)(H,88,104)(H,89,101)(H,90,110)(H,91,111)(H,92,108)(H,93,102)(H,94,107)(H,112,113);(H,6,7);1H4/t41-,42+,43+,50-,51-,52-,53-,54-,55-,56-,57-,58-,59-,62-,63-;;/m0../s1. The molecule has 0 aliphatic heterocycles. The summed E-state index contributed by atoms with van der Waals surface area (Å²) in [4.78, 5) is 220. The van der Waals surface area contributed by atoms with E-state index in [9.17, 15) is 91.1 Å². The molecule has 5 rings (SSSR count). The Balaban J connectivity index is 0.00000466. The van der Waals surface area contributed by atoms with Gasteiger partial charge in [0.25, 0.3) is 0 Å². The van der Waals surface area contributed by atoms with Gasteiger partial charge in [-0.2, -0.15) is 38.4 Å². The molecule has 0 spiro atoms. The van der Waals surface area contributed by atoms with Crippen LogP contribution in [0.4, 0.5) is 13.2 Å². The number of unbranched alkanes of at least 4 members (excludes halogenated alkanes) is 2. The third-order valence-electron chi connectivity index (χ3n) is 18.3. The summed E-state index contributed by atoms with van der Waals surface area (Å²) < 4.78 is 31.7. The Labute approximate surface area is 717 Å². The van der Waals surface area contributed by atoms with E-state index >= 15 is 14.4 Å². The molecule has 44 heteroatoms. The van der Waals surface area contributed by atoms with Crippen LogP contribution in [-0.2, 0) is 102 Å². The number of fused-ring (bicyclic) bond motifs is 1. The molecule has 0 saturated heterocycles. The van der Waals surface area contributed by atoms with E-state index < -0.39 is 211 Å². The molecule has 123 heavy (non-hydrogen) atoms. The second-order valence-electron chi connectivity index (χ2n) is 28.2. The maximum atomic E-state index is 15.4. The number of aliphatic hydroxyl groups excluding tert-OH is 3. The van der Waals surface area contributed by atoms with Crippen molar-refractivity contribution in [2.24, 2.45) is 22.9 Å². The number of nitrogens with one attached hydrogen (secondary N) is 14. The fourth-order valence-corrected chi connectivity index (χ4v) is 12.2. The van der Waals surface area contributed by atoms with Crippen LogP contribution in [0.3, 0.4) is 0 Å². The number of aliphatic carboxylic acids is 2. The Morgan fingerprint density at radius 2 is 0.764 bits per heavy atom. The number of nitrogens with two attached hydrogens (primary N) is 4. The average molecular weight is 1770 g/mol. The monoisotopic (exact) mass is 1770 g/mol. The molecule has 0 bridgehead atoms. The topological polar surface area (TPSA) is 651 Å². The van der Waals surface area contributed by atoms with Crippen molar-refractivity contribution in [3.05, 3.63) is 144 Å². The van der Waals surface area contributed by atoms with Crippen molar-refractivity contribution in [3.63, 3.8) is 0 Å². The Morgan fingerprint density at radius 1 is 0.431 bits per heavy atom. The smallest absolute Gasteiger partial charge is 0.480 e. The summed E-state index contributed by atoms with van der Waals surface area (Å²) in [7, 11) is 0. The number of rotatable bonds is 50. The summed E-state index contributed by atoms with van der Waals surface area (Å²) >= 11 is 8.09. The van der Waals surface area contributed by atoms with Crippen molar-refractivity contribution < 1.29 is 115 Å². The maximum absolute atomic E-state index is 15.4. The van der Waals surface area contributed by atoms with Crippen molar-refractivity contribution in [3.8, 4) is 0 Å². The highest BCUT2D eigenvalue weighted by Crippen LogP contribution is 2.21. The summed E-state index contributed by atoms with van der Waals surface area (Å²) in [6, 6.07) is 10.9. The molecule has 27 N–H and O–H groups in total. The molecule has 5 aromatic rings. The van der Waals surface area contributed by atoms with Crippen molar-refractivity contribution in [1.29, 1.82) is 0 Å². The molecular formula is C79H111F3N18O21S2. The lowest BCUT2D eigenvalue weighted by molar-refractivity contribution is -0.192. The lowest BCUT2D eigenvalue weighted by atomic mass is 10.00. The zero-order valence-corrected chi connectivity index (χ0v) is 68.6. The first-order valence-corrected chi connectivity index (χ1v) is 39.8. The highest BCUT2D eigenvalue weighted by atomic mass is 32.1. The van der Waals surface area contributed by atoms with Crippen LogP contribution in [0.25, 0.3) is 10.9 Å². The normalized spacial score (nSPS) is 14.7. The van der Waals surface area contributed by atoms with Gasteiger partial charge in [0.1, 0.15) is 72.5 Å². The fraction of sp³-hybridized carbons (Fsp3) is 0.468. The lowest BCUT2D eigenvalue weighted by Crippen LogP contribution is -2.63. The number of aromatic amines is 1. The number of para-hydroxylation sites is 1. The van der Waals surface area contributed by atoms with E-state index in [0.29, 0.717) is 46.0 Å². The maximum Gasteiger partial charge on any atom is 0.490 e. The first-order chi connectivity index (χ1) is 57.7. The number of amides is 14. The van der Waals surface area contributed by atoms with Gasteiger partial charge < -0.3 is 123 Å². The molecule has 1 heterocycles. The van der Waals surface area contributed by atoms with E-state index in [-0.39, 0.29) is 83.4 Å². The Morgan fingerprint density at radius 3 is 1.15 bits per heavy atom. The van der Waals surface area contributed by atoms with E-state index in [1.165, 1.54) is 6.92 Å². The predicted molar refractivity (Wildman–Crippen MR) is 448 cm³/mol. The van der Waals surface area contributed by atoms with E-state index in [4.69, 9.17) is 32.8 Å². The third-order valence-corrected chi connectivity index (χ3v) is 19.1. The zero-order chi connectivity index (χ0) is 90.9. The van der Waals surface area contributed by atoms with Crippen LogP contribution in [0.15, 0.2) is 121 Å². The predicted octanol–water partition coefficient (Wildman–Crippen LogP) is -4.18. The minimum atomic E-state index is -5.08. The molecule has 1 aromatic heterocycles. The Bertz CT molecular complexity index is 4330. The second-order valence-corrected chi connectivity index (χ2v) is 28.9. The second kappa shape index (κ2) is 53.9. The van der Waals surface area contributed by atoms with Crippen LogP contribution in [0.2, 0.25) is 0 Å². The first kappa shape index (κ1) is 105. The van der Waals surface area contributed by atoms with Gasteiger partial charge in [-0.25, -0.2) is 9.59 Å². The number of aromatic nitrogens is 1. The van der Waals surface area contributed by atoms with Gasteiger partial charge in [-0.05, 0) is 101 Å². The number of aliphatic hydroxyl groups is 3. The number of carbonyl (C=O) groups excluding carboxylic acids is 14. The lowest BCUT2D eigenvalue weighted by Gasteiger charge is -2.29. The van der Waals surface area contributed by atoms with Gasteiger partial charge in [0.15, 0.2) is 0 Å². The van der Waals surface area contributed by atoms with Gasteiger partial charge >= 0.3 is 18.1 Å². The largest absolute Gasteiger partial charge is 0.490 e. The van der Waals surface area contributed by atoms with E-state index in [0.717, 1.165) is 13.8 Å². The number of alkyl halides is 3. The van der Waals surface area contributed by atoms with E-state index in [2.05, 4.69) is 99.4 Å². The SMILES string of the molecule is C.C[C@H](N)C(=O)NCC(=O)N[C@@H](CS)C(=O)N[C@@H](CCCCN)C(=O)N[C@@H](CC(N)=O)C(=O)N[C@@H](Cc1ccccc1)C(=O)N[C@@H](Cc1ccccc1)C(=O)N[C@@H](Cc1c[nH]c2ccccc12)C(=O)N[C@@H](CCCCN)C(=O)N[C@H](C(=O)N[C@@H](Cc1ccccc1)C(=O)N[C@H](C(=O)N[C@@H](CO)C(=O)N[C@@H](CS)C(=O)O)[C@@H](C)O)[C@@H](C)O.O=C(O)C(F)(F)F. The Hall–Kier alpha value is -11.8. The molecule has 39 nitrogen and oxygen atoms in total. The van der Waals surface area contributed by atoms with Crippen LogP contribution < -0.4 is 92.1 Å². The number of carboxylic acid groups (broad SMARTS) is 2. The van der Waals surface area contributed by atoms with Crippen LogP contribution >= 0.6 is 25.3 Å². The summed E-state index contributed by atoms with van der Waals surface area (Å²) in [6.45, 7) is 2.34. The van der Waals surface area contributed by atoms with Crippen molar-refractivity contribution in [1.82, 2.24) is 74.1 Å². The first-order valence-electron chi connectivity index (χ1n) is 38.5. The number of hydrogen-bond donors (Lipinski definition) is 25. The van der Waals surface area contributed by atoms with Crippen molar-refractivity contribution in [2.75, 3.05) is 37.7 Å². The molecule has 0 saturated carbocycles. The highest BCUT2D eigenvalue weighted by Gasteiger charge is 2.41. The molecule has 0 radical (unpaired) electrons. The van der Waals surface area contributed by atoms with Gasteiger partial charge in [-0.3, -0.25) is 67.1 Å². The number of halogens is 3. The number of carbonyl (C=O) groups is 16. The van der Waals surface area contributed by atoms with Crippen LogP contribution in [0, 0.1) is 0 Å². The quantitative estimate of drug-likeness (QED) is 0.0130. The van der Waals surface area contributed by atoms with Crippen molar-refractivity contribution >= 4 is 131 Å². The summed E-state index contributed by atoms with van der Waals surface area (Å²) in [5, 5.41) is 81.4. The number of benzene rings is 4. The molecule has 0 aliphatic rings. The van der Waals surface area contributed by atoms with Gasteiger partial charge in [0.2, 0.25) is 82.7 Å². The van der Waals surface area contributed by atoms with E-state index in [1.807, 2.05) is 0 Å². The average Bonchev–Trinajstić information content (AvgIpc) is 1.75. The molecular weight excluding hydrogens is 1660 g/mol. The molecule has 0 aliphatic carbocycles. The van der Waals surface area contributed by atoms with E-state index in [1.54, 1.807) is 121 Å². The zero-order valence-electron chi connectivity index (χ0n) is 66.8. The third kappa shape index (κ3) is 36.8. The molecule has 676 valence electrons. The minimum absolute atomic E-state index is 0. The number of carboxylic acids is 2. The molecule has 4 aromatic carbocycles. The van der Waals surface area contributed by atoms with Gasteiger partial charge in [-0.15, -0.1) is 0 Å². The summed E-state index contributed by atoms with van der Waals surface area (Å²) in [5.74, 6) is -19.1. The van der Waals surface area contributed by atoms with Crippen LogP contribution in [0.1, 0.15) is 95.4 Å². The summed E-state index contributed by atoms with van der Waals surface area (Å²) in [6.07, 6.45) is -8.08. The van der Waals surface area contributed by atoms with Gasteiger partial charge in [0.05, 0.1) is 37.8 Å². The molecule has 15 atom stereocenters. The molecule has 0 fully saturated rings.